The maximum absolute atomic E-state index is 11.8. The molecule has 1 fully saturated rings. The number of nitrogens with one attached hydrogen (secondary N) is 1. The van der Waals surface area contributed by atoms with Gasteiger partial charge in [0.2, 0.25) is 5.91 Å². The number of carbonyl (C=O) groups excluding carboxylic acids is 2. The van der Waals surface area contributed by atoms with Crippen LogP contribution < -0.4 is 5.32 Å². The van der Waals surface area contributed by atoms with Gasteiger partial charge in [-0.3, -0.25) is 9.59 Å². The van der Waals surface area contributed by atoms with Gasteiger partial charge in [-0.2, -0.15) is 0 Å². The van der Waals surface area contributed by atoms with E-state index in [2.05, 4.69) is 5.32 Å². The first kappa shape index (κ1) is 16.0. The fraction of sp³-hybridized carbons (Fsp3) is 0.538. The van der Waals surface area contributed by atoms with Crippen LogP contribution in [0.1, 0.15) is 23.0 Å². The van der Waals surface area contributed by atoms with E-state index in [1.165, 1.54) is 18.3 Å². The van der Waals surface area contributed by atoms with Crippen molar-refractivity contribution in [1.82, 2.24) is 10.2 Å². The molecule has 0 aromatic carbocycles. The summed E-state index contributed by atoms with van der Waals surface area (Å²) < 4.78 is 23.0. The zero-order chi connectivity index (χ0) is 15.5. The molecule has 2 heterocycles. The summed E-state index contributed by atoms with van der Waals surface area (Å²) >= 11 is 1.35. The summed E-state index contributed by atoms with van der Waals surface area (Å²) in [6, 6.07) is 3.25. The van der Waals surface area contributed by atoms with Crippen LogP contribution in [0, 0.1) is 0 Å². The fourth-order valence-corrected chi connectivity index (χ4v) is 4.77. The molecule has 1 aliphatic heterocycles. The van der Waals surface area contributed by atoms with Gasteiger partial charge in [-0.15, -0.1) is 11.3 Å². The molecule has 0 radical (unpaired) electrons. The van der Waals surface area contributed by atoms with Crippen LogP contribution in [0.15, 0.2) is 17.5 Å². The third-order valence-electron chi connectivity index (χ3n) is 3.44. The summed E-state index contributed by atoms with van der Waals surface area (Å²) in [7, 11) is -3.03. The predicted octanol–water partition coefficient (Wildman–Crippen LogP) is 0.513. The van der Waals surface area contributed by atoms with Gasteiger partial charge in [-0.1, -0.05) is 6.07 Å². The van der Waals surface area contributed by atoms with Gasteiger partial charge >= 0.3 is 0 Å². The largest absolute Gasteiger partial charge is 0.350 e. The lowest BCUT2D eigenvalue weighted by Gasteiger charge is -2.27. The Bertz CT molecular complexity index is 610. The summed E-state index contributed by atoms with van der Waals surface area (Å²) in [5.74, 6) is -0.191. The van der Waals surface area contributed by atoms with Crippen LogP contribution in [0.4, 0.5) is 0 Å². The van der Waals surface area contributed by atoms with E-state index < -0.39 is 9.84 Å². The van der Waals surface area contributed by atoms with E-state index in [-0.39, 0.29) is 29.4 Å². The van der Waals surface area contributed by atoms with Gasteiger partial charge in [0.25, 0.3) is 5.91 Å². The SMILES string of the molecule is CC(=O)N(CCNC(=O)c1cccs1)C1CCS(=O)(=O)C1. The van der Waals surface area contributed by atoms with E-state index >= 15 is 0 Å². The molecule has 1 unspecified atom stereocenters. The maximum Gasteiger partial charge on any atom is 0.261 e. The molecule has 8 heteroatoms. The molecule has 1 N–H and O–H groups in total. The summed E-state index contributed by atoms with van der Waals surface area (Å²) in [6.45, 7) is 2.06. The number of amides is 2. The van der Waals surface area contributed by atoms with E-state index in [0.29, 0.717) is 24.4 Å². The quantitative estimate of drug-likeness (QED) is 0.853. The Balaban J connectivity index is 1.87. The number of carbonyl (C=O) groups is 2. The molecular weight excluding hydrogens is 312 g/mol. The molecule has 116 valence electrons. The molecule has 1 saturated heterocycles. The van der Waals surface area contributed by atoms with E-state index in [1.54, 1.807) is 17.0 Å². The molecule has 1 atom stereocenters. The summed E-state index contributed by atoms with van der Waals surface area (Å²) in [5, 5.41) is 4.56. The van der Waals surface area contributed by atoms with Crippen molar-refractivity contribution >= 4 is 33.0 Å². The van der Waals surface area contributed by atoms with Gasteiger partial charge < -0.3 is 10.2 Å². The van der Waals surface area contributed by atoms with Crippen LogP contribution in [-0.2, 0) is 14.6 Å². The number of thiophene rings is 1. The van der Waals surface area contributed by atoms with Gasteiger partial charge in [-0.25, -0.2) is 8.42 Å². The van der Waals surface area contributed by atoms with E-state index in [9.17, 15) is 18.0 Å². The highest BCUT2D eigenvalue weighted by atomic mass is 32.2. The molecule has 1 aromatic rings. The number of rotatable bonds is 5. The average Bonchev–Trinajstić information content (AvgIpc) is 3.03. The Labute approximate surface area is 128 Å². The smallest absolute Gasteiger partial charge is 0.261 e. The first-order valence-corrected chi connectivity index (χ1v) is 9.38. The Morgan fingerprint density at radius 2 is 2.24 bits per heavy atom. The fourth-order valence-electron chi connectivity index (χ4n) is 2.40. The van der Waals surface area contributed by atoms with Crippen molar-refractivity contribution in [1.29, 1.82) is 0 Å². The zero-order valence-electron chi connectivity index (χ0n) is 11.7. The lowest BCUT2D eigenvalue weighted by molar-refractivity contribution is -0.130. The minimum atomic E-state index is -3.03. The zero-order valence-corrected chi connectivity index (χ0v) is 13.4. The molecule has 1 aromatic heterocycles. The van der Waals surface area contributed by atoms with Crippen LogP contribution in [-0.4, -0.2) is 55.8 Å². The molecule has 6 nitrogen and oxygen atoms in total. The average molecular weight is 330 g/mol. The number of hydrogen-bond acceptors (Lipinski definition) is 5. The second-order valence-corrected chi connectivity index (χ2v) is 8.18. The van der Waals surface area contributed by atoms with Gasteiger partial charge in [-0.05, 0) is 17.9 Å². The Kier molecular flexibility index (Phi) is 5.00. The monoisotopic (exact) mass is 330 g/mol. The van der Waals surface area contributed by atoms with Crippen molar-refractivity contribution in [3.05, 3.63) is 22.4 Å². The molecule has 0 saturated carbocycles. The van der Waals surface area contributed by atoms with E-state index in [1.807, 2.05) is 5.38 Å². The van der Waals surface area contributed by atoms with Crippen molar-refractivity contribution < 1.29 is 18.0 Å². The summed E-state index contributed by atoms with van der Waals surface area (Å²) in [6.07, 6.45) is 0.473. The first-order valence-electron chi connectivity index (χ1n) is 6.68. The molecule has 1 aliphatic rings. The topological polar surface area (TPSA) is 83.6 Å². The predicted molar refractivity (Wildman–Crippen MR) is 81.1 cm³/mol. The normalized spacial score (nSPS) is 20.1. The second kappa shape index (κ2) is 6.57. The maximum atomic E-state index is 11.8. The van der Waals surface area contributed by atoms with E-state index in [0.717, 1.165) is 0 Å². The molecule has 2 rings (SSSR count). The highest BCUT2D eigenvalue weighted by molar-refractivity contribution is 7.91. The van der Waals surface area contributed by atoms with Crippen molar-refractivity contribution in [3.8, 4) is 0 Å². The third-order valence-corrected chi connectivity index (χ3v) is 6.06. The van der Waals surface area contributed by atoms with Crippen molar-refractivity contribution in [3.63, 3.8) is 0 Å². The van der Waals surface area contributed by atoms with Gasteiger partial charge in [0.05, 0.1) is 16.4 Å². The van der Waals surface area contributed by atoms with Gasteiger partial charge in [0.15, 0.2) is 9.84 Å². The minimum absolute atomic E-state index is 0.0193. The standard InChI is InChI=1S/C13H18N2O4S2/c1-10(16)15(11-4-8-21(18,19)9-11)6-5-14-13(17)12-3-2-7-20-12/h2-3,7,11H,4-6,8-9H2,1H3,(H,14,17). The van der Waals surface area contributed by atoms with Crippen LogP contribution in [0.25, 0.3) is 0 Å². The first-order chi connectivity index (χ1) is 9.89. The van der Waals surface area contributed by atoms with Crippen molar-refractivity contribution in [2.24, 2.45) is 0 Å². The molecule has 0 aliphatic carbocycles. The third kappa shape index (κ3) is 4.28. The van der Waals surface area contributed by atoms with Crippen LogP contribution in [0.2, 0.25) is 0 Å². The van der Waals surface area contributed by atoms with Crippen molar-refractivity contribution in [2.75, 3.05) is 24.6 Å². The van der Waals surface area contributed by atoms with Crippen LogP contribution in [0.5, 0.6) is 0 Å². The Morgan fingerprint density at radius 3 is 2.76 bits per heavy atom. The number of sulfone groups is 1. The Morgan fingerprint density at radius 1 is 1.48 bits per heavy atom. The van der Waals surface area contributed by atoms with Gasteiger partial charge in [0.1, 0.15) is 0 Å². The van der Waals surface area contributed by atoms with Crippen LogP contribution >= 0.6 is 11.3 Å². The number of hydrogen-bond donors (Lipinski definition) is 1. The number of nitrogens with zero attached hydrogens (tertiary/aromatic N) is 1. The lowest BCUT2D eigenvalue weighted by atomic mass is 10.2. The van der Waals surface area contributed by atoms with Crippen molar-refractivity contribution in [2.45, 2.75) is 19.4 Å². The van der Waals surface area contributed by atoms with E-state index in [4.69, 9.17) is 0 Å². The lowest BCUT2D eigenvalue weighted by Crippen LogP contribution is -2.44. The molecule has 0 bridgehead atoms. The molecular formula is C13H18N2O4S2. The minimum Gasteiger partial charge on any atom is -0.350 e. The highest BCUT2D eigenvalue weighted by Gasteiger charge is 2.33. The Hall–Kier alpha value is -1.41. The highest BCUT2D eigenvalue weighted by Crippen LogP contribution is 2.17. The molecule has 21 heavy (non-hydrogen) atoms. The van der Waals surface area contributed by atoms with Gasteiger partial charge in [0, 0.05) is 26.1 Å². The molecule has 0 spiro atoms. The van der Waals surface area contributed by atoms with Crippen LogP contribution in [0.3, 0.4) is 0 Å². The second-order valence-electron chi connectivity index (χ2n) is 5.00. The summed E-state index contributed by atoms with van der Waals surface area (Å²) in [5.41, 5.74) is 0. The molecule has 2 amide bonds. The summed E-state index contributed by atoms with van der Waals surface area (Å²) in [4.78, 5) is 25.6.